The fourth-order valence-electron chi connectivity index (χ4n) is 9.02. The highest BCUT2D eigenvalue weighted by Crippen LogP contribution is 2.38. The monoisotopic (exact) mass is 1070 g/mol. The molecule has 0 bridgehead atoms. The largest absolute Gasteiger partial charge is 0.756 e. The van der Waals surface area contributed by atoms with Gasteiger partial charge in [-0.05, 0) is 70.6 Å². The zero-order chi connectivity index (χ0) is 54.9. The minimum atomic E-state index is -4.58. The molecule has 0 radical (unpaired) electrons. The summed E-state index contributed by atoms with van der Waals surface area (Å²) in [7, 11) is 1.30. The Morgan fingerprint density at radius 2 is 0.813 bits per heavy atom. The second kappa shape index (κ2) is 56.4. The molecule has 0 saturated carbocycles. The summed E-state index contributed by atoms with van der Waals surface area (Å²) >= 11 is 0. The van der Waals surface area contributed by atoms with E-state index in [2.05, 4.69) is 104 Å². The Balaban J connectivity index is 4.12. The summed E-state index contributed by atoms with van der Waals surface area (Å²) in [6.45, 7) is 4.63. The van der Waals surface area contributed by atoms with E-state index < -0.39 is 20.0 Å². The van der Waals surface area contributed by atoms with Crippen LogP contribution in [0.25, 0.3) is 0 Å². The number of carbonyl (C=O) groups is 1. The molecule has 9 heteroatoms. The standard InChI is InChI=1S/C66H121N2O6P/c1-6-8-10-12-14-16-18-20-22-24-26-28-29-30-31-32-33-34-35-36-37-38-39-40-42-44-46-48-50-52-54-56-58-60-66(70)67-64(63-74-75(71,72)73-62-61-68(3,4)5)65(69)59-57-55-53-51-49-47-45-43-41-27-25-23-21-19-17-15-13-11-9-7-2/h8,10,14,16,20,22,26,28,30-31,33-34,36-37,64-65,69H,6-7,9,11-13,15,17-19,21,23-25,27,29,32,35,38-63H2,1-5H3,(H-,67,70,71,72)/b10-8-,16-14-,22-20-,28-26-,31-30-,34-33-,37-36-. The number of hydrogen-bond acceptors (Lipinski definition) is 6. The number of phosphoric acid groups is 1. The van der Waals surface area contributed by atoms with Gasteiger partial charge in [0.15, 0.2) is 0 Å². The molecule has 0 aromatic carbocycles. The van der Waals surface area contributed by atoms with Crippen LogP contribution in [0.2, 0.25) is 0 Å². The van der Waals surface area contributed by atoms with E-state index in [1.807, 2.05) is 21.1 Å². The van der Waals surface area contributed by atoms with E-state index in [9.17, 15) is 19.4 Å². The van der Waals surface area contributed by atoms with E-state index in [4.69, 9.17) is 9.05 Å². The Morgan fingerprint density at radius 1 is 0.480 bits per heavy atom. The molecule has 0 fully saturated rings. The van der Waals surface area contributed by atoms with E-state index in [0.717, 1.165) is 83.5 Å². The first-order chi connectivity index (χ1) is 36.5. The number of carbonyl (C=O) groups excluding carboxylic acids is 1. The number of amides is 1. The van der Waals surface area contributed by atoms with Crippen molar-refractivity contribution >= 4 is 13.7 Å². The zero-order valence-corrected chi connectivity index (χ0v) is 50.6. The number of nitrogens with one attached hydrogen (secondary N) is 1. The van der Waals surface area contributed by atoms with Gasteiger partial charge in [0.2, 0.25) is 5.91 Å². The number of hydrogen-bond donors (Lipinski definition) is 2. The summed E-state index contributed by atoms with van der Waals surface area (Å²) in [6.07, 6.45) is 79.1. The Labute approximate surface area is 465 Å². The van der Waals surface area contributed by atoms with Gasteiger partial charge in [-0.3, -0.25) is 9.36 Å². The van der Waals surface area contributed by atoms with E-state index >= 15 is 0 Å². The smallest absolute Gasteiger partial charge is 0.268 e. The first kappa shape index (κ1) is 72.7. The average molecular weight is 1070 g/mol. The molecule has 0 spiro atoms. The molecule has 436 valence electrons. The lowest BCUT2D eigenvalue weighted by atomic mass is 10.0. The molecule has 3 atom stereocenters. The number of allylic oxidation sites excluding steroid dienone is 14. The second-order valence-corrected chi connectivity index (χ2v) is 23.8. The Bertz CT molecular complexity index is 1500. The van der Waals surface area contributed by atoms with Crippen molar-refractivity contribution in [1.82, 2.24) is 5.32 Å². The maximum absolute atomic E-state index is 13.0. The molecule has 0 aliphatic heterocycles. The van der Waals surface area contributed by atoms with Gasteiger partial charge in [0.1, 0.15) is 13.2 Å². The zero-order valence-electron chi connectivity index (χ0n) is 49.7. The number of quaternary nitrogens is 1. The summed E-state index contributed by atoms with van der Waals surface area (Å²) in [6, 6.07) is -0.808. The van der Waals surface area contributed by atoms with E-state index in [1.54, 1.807) is 0 Å². The molecule has 8 nitrogen and oxygen atoms in total. The molecule has 2 N–H and O–H groups in total. The van der Waals surface area contributed by atoms with Crippen molar-refractivity contribution in [2.45, 2.75) is 289 Å². The van der Waals surface area contributed by atoms with Gasteiger partial charge in [0.25, 0.3) is 7.82 Å². The molecule has 0 aliphatic carbocycles. The summed E-state index contributed by atoms with van der Waals surface area (Å²) in [4.78, 5) is 25.6. The lowest BCUT2D eigenvalue weighted by Crippen LogP contribution is -2.46. The summed E-state index contributed by atoms with van der Waals surface area (Å²) in [5, 5.41) is 14.1. The third-order valence-electron chi connectivity index (χ3n) is 13.9. The maximum atomic E-state index is 13.0. The average Bonchev–Trinajstić information content (AvgIpc) is 3.37. The highest BCUT2D eigenvalue weighted by atomic mass is 31.2. The van der Waals surface area contributed by atoms with Crippen molar-refractivity contribution in [3.63, 3.8) is 0 Å². The first-order valence-corrected chi connectivity index (χ1v) is 32.9. The van der Waals surface area contributed by atoms with Crippen LogP contribution < -0.4 is 10.2 Å². The number of phosphoric ester groups is 1. The van der Waals surface area contributed by atoms with Crippen LogP contribution in [-0.4, -0.2) is 68.5 Å². The highest BCUT2D eigenvalue weighted by molar-refractivity contribution is 7.45. The molecule has 1 amide bonds. The van der Waals surface area contributed by atoms with E-state index in [-0.39, 0.29) is 19.1 Å². The molecule has 0 heterocycles. The topological polar surface area (TPSA) is 108 Å². The predicted octanol–water partition coefficient (Wildman–Crippen LogP) is 19.0. The van der Waals surface area contributed by atoms with Crippen LogP contribution in [0.5, 0.6) is 0 Å². The first-order valence-electron chi connectivity index (χ1n) is 31.4. The Kier molecular flexibility index (Phi) is 54.7. The maximum Gasteiger partial charge on any atom is 0.268 e. The number of aliphatic hydroxyl groups is 1. The Hall–Kier alpha value is -2.32. The van der Waals surface area contributed by atoms with Crippen molar-refractivity contribution in [3.8, 4) is 0 Å². The van der Waals surface area contributed by atoms with E-state index in [0.29, 0.717) is 23.9 Å². The van der Waals surface area contributed by atoms with Gasteiger partial charge in [-0.1, -0.05) is 285 Å². The lowest BCUT2D eigenvalue weighted by molar-refractivity contribution is -0.870. The highest BCUT2D eigenvalue weighted by Gasteiger charge is 2.24. The van der Waals surface area contributed by atoms with Gasteiger partial charge in [0.05, 0.1) is 39.9 Å². The van der Waals surface area contributed by atoms with Crippen LogP contribution >= 0.6 is 7.82 Å². The van der Waals surface area contributed by atoms with Crippen molar-refractivity contribution < 1.29 is 32.9 Å². The molecule has 0 aromatic rings. The van der Waals surface area contributed by atoms with Crippen LogP contribution in [0.3, 0.4) is 0 Å². The van der Waals surface area contributed by atoms with Crippen LogP contribution in [0.4, 0.5) is 0 Å². The van der Waals surface area contributed by atoms with Crippen LogP contribution in [0.1, 0.15) is 277 Å². The fourth-order valence-corrected chi connectivity index (χ4v) is 9.75. The Morgan fingerprint density at radius 3 is 1.19 bits per heavy atom. The number of nitrogens with zero attached hydrogens (tertiary/aromatic N) is 1. The fraction of sp³-hybridized carbons (Fsp3) is 0.773. The molecule has 75 heavy (non-hydrogen) atoms. The predicted molar refractivity (Wildman–Crippen MR) is 325 cm³/mol. The molecule has 3 unspecified atom stereocenters. The molecule has 0 aliphatic rings. The third-order valence-corrected chi connectivity index (χ3v) is 14.9. The second-order valence-electron chi connectivity index (χ2n) is 22.4. The van der Waals surface area contributed by atoms with Crippen LogP contribution in [0.15, 0.2) is 85.1 Å². The third kappa shape index (κ3) is 59.2. The summed E-state index contributed by atoms with van der Waals surface area (Å²) in [5.74, 6) is -0.168. The summed E-state index contributed by atoms with van der Waals surface area (Å²) in [5.41, 5.74) is 0. The van der Waals surface area contributed by atoms with Gasteiger partial charge in [-0.2, -0.15) is 0 Å². The summed E-state index contributed by atoms with van der Waals surface area (Å²) < 4.78 is 23.5. The number of likely N-dealkylation sites (N-methyl/N-ethyl adjacent to an activating group) is 1. The van der Waals surface area contributed by atoms with Gasteiger partial charge >= 0.3 is 0 Å². The minimum absolute atomic E-state index is 0.00893. The number of unbranched alkanes of at least 4 members (excludes halogenated alkanes) is 30. The normalized spacial score (nSPS) is 14.4. The van der Waals surface area contributed by atoms with Crippen LogP contribution in [0, 0.1) is 0 Å². The SMILES string of the molecule is CC/C=C\C/C=C\C/C=C\C/C=C\C/C=C\C/C=C\C/C=C\CCCCCCCCCCCCCC(=O)NC(COP(=O)([O-])OCC[N+](C)(C)C)C(O)CCCCCCCCCCCCCCCCCCCCCC. The quantitative estimate of drug-likeness (QED) is 0.0272. The molecular formula is C66H121N2O6P. The van der Waals surface area contributed by atoms with Gasteiger partial charge < -0.3 is 28.8 Å². The van der Waals surface area contributed by atoms with Crippen molar-refractivity contribution in [2.24, 2.45) is 0 Å². The minimum Gasteiger partial charge on any atom is -0.756 e. The van der Waals surface area contributed by atoms with Crippen LogP contribution in [-0.2, 0) is 18.4 Å². The molecule has 0 aromatic heterocycles. The molecule has 0 saturated heterocycles. The van der Waals surface area contributed by atoms with Gasteiger partial charge in [-0.25, -0.2) is 0 Å². The van der Waals surface area contributed by atoms with E-state index in [1.165, 1.54) is 167 Å². The molecule has 0 rings (SSSR count). The lowest BCUT2D eigenvalue weighted by Gasteiger charge is -2.30. The van der Waals surface area contributed by atoms with Gasteiger partial charge in [-0.15, -0.1) is 0 Å². The number of aliphatic hydroxyl groups excluding tert-OH is 1. The van der Waals surface area contributed by atoms with Crippen molar-refractivity contribution in [3.05, 3.63) is 85.1 Å². The number of rotatable bonds is 57. The van der Waals surface area contributed by atoms with Gasteiger partial charge in [0, 0.05) is 6.42 Å². The van der Waals surface area contributed by atoms with Crippen molar-refractivity contribution in [1.29, 1.82) is 0 Å². The van der Waals surface area contributed by atoms with Crippen molar-refractivity contribution in [2.75, 3.05) is 40.9 Å². The molecular weight excluding hydrogens is 948 g/mol.